The number of nitrogens with two attached hydrogens (primary N) is 1. The Labute approximate surface area is 120 Å². The molecule has 0 atom stereocenters. The lowest BCUT2D eigenvalue weighted by Gasteiger charge is -2.09. The lowest BCUT2D eigenvalue weighted by molar-refractivity contribution is 0.1000. The molecule has 4 heteroatoms. The molecule has 0 heterocycles. The number of halogens is 1. The molecule has 3 N–H and O–H groups in total. The quantitative estimate of drug-likeness (QED) is 0.832. The Morgan fingerprint density at radius 1 is 1.17 bits per heavy atom. The van der Waals surface area contributed by atoms with Crippen LogP contribution < -0.4 is 11.1 Å². The molecule has 0 saturated carbocycles. The zero-order valence-electron chi connectivity index (χ0n) is 9.69. The predicted octanol–water partition coefficient (Wildman–Crippen LogP) is 3.00. The number of carbonyl (C=O) groups excluding carboxylic acids is 1. The summed E-state index contributed by atoms with van der Waals surface area (Å²) in [7, 11) is 0. The van der Waals surface area contributed by atoms with Crippen LogP contribution in [-0.2, 0) is 6.54 Å². The summed E-state index contributed by atoms with van der Waals surface area (Å²) in [5, 5.41) is 3.34. The van der Waals surface area contributed by atoms with Crippen molar-refractivity contribution in [3.05, 3.63) is 63.2 Å². The Hall–Kier alpha value is -1.56. The van der Waals surface area contributed by atoms with Gasteiger partial charge in [0.1, 0.15) is 0 Å². The summed E-state index contributed by atoms with van der Waals surface area (Å²) in [5.41, 5.74) is 7.91. The monoisotopic (exact) mass is 352 g/mol. The maximum Gasteiger partial charge on any atom is 0.248 e. The first-order valence-corrected chi connectivity index (χ1v) is 6.62. The standard InChI is InChI=1S/C14H13IN2O/c15-12-6-1-2-7-13(12)17-9-10-4-3-5-11(8-10)14(16)18/h1-8,17H,9H2,(H2,16,18). The Kier molecular flexibility index (Phi) is 4.19. The van der Waals surface area contributed by atoms with Crippen molar-refractivity contribution in [2.45, 2.75) is 6.54 Å². The molecule has 1 amide bonds. The Balaban J connectivity index is 2.09. The minimum absolute atomic E-state index is 0.397. The first-order chi connectivity index (χ1) is 8.66. The van der Waals surface area contributed by atoms with Gasteiger partial charge in [0.2, 0.25) is 5.91 Å². The van der Waals surface area contributed by atoms with Crippen LogP contribution >= 0.6 is 22.6 Å². The predicted molar refractivity (Wildman–Crippen MR) is 81.4 cm³/mol. The van der Waals surface area contributed by atoms with Crippen LogP contribution in [0.15, 0.2) is 48.5 Å². The molecular formula is C14H13IN2O. The zero-order chi connectivity index (χ0) is 13.0. The number of para-hydroxylation sites is 1. The van der Waals surface area contributed by atoms with Gasteiger partial charge in [0.25, 0.3) is 0 Å². The Bertz CT molecular complexity index is 569. The van der Waals surface area contributed by atoms with Crippen LogP contribution in [-0.4, -0.2) is 5.91 Å². The fraction of sp³-hybridized carbons (Fsp3) is 0.0714. The van der Waals surface area contributed by atoms with Crippen molar-refractivity contribution in [1.82, 2.24) is 0 Å². The third-order valence-electron chi connectivity index (χ3n) is 2.57. The number of primary amides is 1. The second-order valence-electron chi connectivity index (χ2n) is 3.90. The number of rotatable bonds is 4. The van der Waals surface area contributed by atoms with E-state index < -0.39 is 5.91 Å². The molecule has 0 unspecified atom stereocenters. The highest BCUT2D eigenvalue weighted by molar-refractivity contribution is 14.1. The number of hydrogen-bond acceptors (Lipinski definition) is 2. The van der Waals surface area contributed by atoms with Crippen LogP contribution in [0.25, 0.3) is 0 Å². The van der Waals surface area contributed by atoms with Crippen LogP contribution in [0, 0.1) is 3.57 Å². The van der Waals surface area contributed by atoms with Gasteiger partial charge in [0, 0.05) is 21.4 Å². The second kappa shape index (κ2) is 5.86. The molecule has 18 heavy (non-hydrogen) atoms. The van der Waals surface area contributed by atoms with Crippen molar-refractivity contribution in [3.8, 4) is 0 Å². The fourth-order valence-electron chi connectivity index (χ4n) is 1.64. The molecule has 0 aliphatic carbocycles. The van der Waals surface area contributed by atoms with E-state index in [-0.39, 0.29) is 0 Å². The van der Waals surface area contributed by atoms with Crippen LogP contribution in [0.4, 0.5) is 5.69 Å². The van der Waals surface area contributed by atoms with Gasteiger partial charge in [0.05, 0.1) is 0 Å². The first-order valence-electron chi connectivity index (χ1n) is 5.54. The minimum Gasteiger partial charge on any atom is -0.380 e. The van der Waals surface area contributed by atoms with Gasteiger partial charge in [0.15, 0.2) is 0 Å². The second-order valence-corrected chi connectivity index (χ2v) is 5.06. The van der Waals surface area contributed by atoms with E-state index in [1.807, 2.05) is 42.5 Å². The molecule has 0 bridgehead atoms. The SMILES string of the molecule is NC(=O)c1cccc(CNc2ccccc2I)c1. The maximum absolute atomic E-state index is 11.1. The number of nitrogens with one attached hydrogen (secondary N) is 1. The summed E-state index contributed by atoms with van der Waals surface area (Å²) in [6, 6.07) is 15.4. The molecule has 92 valence electrons. The van der Waals surface area contributed by atoms with Crippen molar-refractivity contribution in [1.29, 1.82) is 0 Å². The van der Waals surface area contributed by atoms with E-state index in [4.69, 9.17) is 5.73 Å². The average molecular weight is 352 g/mol. The summed E-state index contributed by atoms with van der Waals surface area (Å²) in [6.45, 7) is 0.668. The fourth-order valence-corrected chi connectivity index (χ4v) is 2.21. The first kappa shape index (κ1) is 12.9. The highest BCUT2D eigenvalue weighted by Crippen LogP contribution is 2.18. The number of hydrogen-bond donors (Lipinski definition) is 2. The summed E-state index contributed by atoms with van der Waals surface area (Å²) < 4.78 is 1.17. The van der Waals surface area contributed by atoms with E-state index in [1.54, 1.807) is 6.07 Å². The third kappa shape index (κ3) is 3.22. The van der Waals surface area contributed by atoms with Crippen molar-refractivity contribution >= 4 is 34.2 Å². The smallest absolute Gasteiger partial charge is 0.248 e. The number of benzene rings is 2. The molecule has 0 aliphatic rings. The van der Waals surface area contributed by atoms with Crippen molar-refractivity contribution in [3.63, 3.8) is 0 Å². The average Bonchev–Trinajstić information content (AvgIpc) is 2.38. The Morgan fingerprint density at radius 2 is 1.94 bits per heavy atom. The van der Waals surface area contributed by atoms with Crippen molar-refractivity contribution < 1.29 is 4.79 Å². The summed E-state index contributed by atoms with van der Waals surface area (Å²) in [5.74, 6) is -0.397. The van der Waals surface area contributed by atoms with Crippen LogP contribution in [0.3, 0.4) is 0 Å². The van der Waals surface area contributed by atoms with Gasteiger partial charge >= 0.3 is 0 Å². The minimum atomic E-state index is -0.397. The lowest BCUT2D eigenvalue weighted by atomic mass is 10.1. The highest BCUT2D eigenvalue weighted by atomic mass is 127. The molecule has 0 aromatic heterocycles. The van der Waals surface area contributed by atoms with Crippen molar-refractivity contribution in [2.24, 2.45) is 5.73 Å². The molecule has 3 nitrogen and oxygen atoms in total. The van der Waals surface area contributed by atoms with Crippen LogP contribution in [0.2, 0.25) is 0 Å². The number of anilines is 1. The van der Waals surface area contributed by atoms with Gasteiger partial charge in [-0.3, -0.25) is 4.79 Å². The van der Waals surface area contributed by atoms with Gasteiger partial charge < -0.3 is 11.1 Å². The van der Waals surface area contributed by atoms with Gasteiger partial charge in [-0.15, -0.1) is 0 Å². The van der Waals surface area contributed by atoms with E-state index in [2.05, 4.69) is 27.9 Å². The largest absolute Gasteiger partial charge is 0.380 e. The molecular weight excluding hydrogens is 339 g/mol. The number of amides is 1. The molecule has 2 aromatic carbocycles. The Morgan fingerprint density at radius 3 is 2.67 bits per heavy atom. The number of carbonyl (C=O) groups is 1. The topological polar surface area (TPSA) is 55.1 Å². The highest BCUT2D eigenvalue weighted by Gasteiger charge is 2.02. The molecule has 0 saturated heterocycles. The molecule has 0 radical (unpaired) electrons. The molecule has 0 fully saturated rings. The summed E-state index contributed by atoms with van der Waals surface area (Å²) in [6.07, 6.45) is 0. The summed E-state index contributed by atoms with van der Waals surface area (Å²) >= 11 is 2.28. The maximum atomic E-state index is 11.1. The van der Waals surface area contributed by atoms with E-state index in [0.717, 1.165) is 11.3 Å². The van der Waals surface area contributed by atoms with E-state index >= 15 is 0 Å². The van der Waals surface area contributed by atoms with Crippen molar-refractivity contribution in [2.75, 3.05) is 5.32 Å². The van der Waals surface area contributed by atoms with E-state index in [9.17, 15) is 4.79 Å². The van der Waals surface area contributed by atoms with Gasteiger partial charge in [-0.2, -0.15) is 0 Å². The molecule has 2 rings (SSSR count). The summed E-state index contributed by atoms with van der Waals surface area (Å²) in [4.78, 5) is 11.1. The third-order valence-corrected chi connectivity index (χ3v) is 3.51. The molecule has 2 aromatic rings. The normalized spacial score (nSPS) is 10.1. The van der Waals surface area contributed by atoms with E-state index in [1.165, 1.54) is 3.57 Å². The van der Waals surface area contributed by atoms with E-state index in [0.29, 0.717) is 12.1 Å². The van der Waals surface area contributed by atoms with Gasteiger partial charge in [-0.25, -0.2) is 0 Å². The lowest BCUT2D eigenvalue weighted by Crippen LogP contribution is -2.11. The van der Waals surface area contributed by atoms with Gasteiger partial charge in [-0.05, 0) is 52.4 Å². The molecule has 0 spiro atoms. The van der Waals surface area contributed by atoms with Gasteiger partial charge in [-0.1, -0.05) is 24.3 Å². The molecule has 0 aliphatic heterocycles. The zero-order valence-corrected chi connectivity index (χ0v) is 11.8. The van der Waals surface area contributed by atoms with Crippen LogP contribution in [0.5, 0.6) is 0 Å². The van der Waals surface area contributed by atoms with Crippen LogP contribution in [0.1, 0.15) is 15.9 Å².